The number of ether oxygens (including phenoxy) is 2. The molecule has 0 amide bonds. The number of aliphatic carboxylic acids is 1. The van der Waals surface area contributed by atoms with Crippen LogP contribution in [0.2, 0.25) is 0 Å². The molecule has 0 aliphatic carbocycles. The van der Waals surface area contributed by atoms with Crippen molar-refractivity contribution in [2.45, 2.75) is 25.9 Å². The Morgan fingerprint density at radius 1 is 1.46 bits per heavy atom. The zero-order chi connectivity index (χ0) is 10.3. The second-order valence-electron chi connectivity index (χ2n) is 2.62. The maximum absolute atomic E-state index is 10.5. The monoisotopic (exact) mass is 190 g/mol. The van der Waals surface area contributed by atoms with E-state index in [9.17, 15) is 9.59 Å². The molecule has 0 fully saturated rings. The third-order valence-electron chi connectivity index (χ3n) is 1.37. The lowest BCUT2D eigenvalue weighted by Gasteiger charge is -2.14. The molecule has 0 aliphatic heterocycles. The molecule has 5 heteroatoms. The Labute approximate surface area is 76.6 Å². The van der Waals surface area contributed by atoms with E-state index < -0.39 is 18.0 Å². The van der Waals surface area contributed by atoms with Gasteiger partial charge in [-0.05, 0) is 6.42 Å². The van der Waals surface area contributed by atoms with Crippen LogP contribution in [0.1, 0.15) is 19.8 Å². The van der Waals surface area contributed by atoms with Crippen LogP contribution in [0.15, 0.2) is 0 Å². The van der Waals surface area contributed by atoms with Crippen molar-refractivity contribution in [1.29, 1.82) is 0 Å². The third-order valence-corrected chi connectivity index (χ3v) is 1.37. The van der Waals surface area contributed by atoms with Crippen molar-refractivity contribution in [3.05, 3.63) is 0 Å². The van der Waals surface area contributed by atoms with Crippen LogP contribution in [0.5, 0.6) is 0 Å². The lowest BCUT2D eigenvalue weighted by molar-refractivity contribution is -0.151. The molecular formula is C8H14O5. The second kappa shape index (κ2) is 6.42. The molecule has 5 nitrogen and oxygen atoms in total. The largest absolute Gasteiger partial charge is 0.481 e. The predicted molar refractivity (Wildman–Crippen MR) is 44.3 cm³/mol. The minimum absolute atomic E-state index is 0.0265. The zero-order valence-electron chi connectivity index (χ0n) is 7.78. The zero-order valence-corrected chi connectivity index (χ0v) is 7.78. The second-order valence-corrected chi connectivity index (χ2v) is 2.62. The lowest BCUT2D eigenvalue weighted by atomic mass is 10.2. The molecule has 0 spiro atoms. The molecule has 0 heterocycles. The Morgan fingerprint density at radius 3 is 2.46 bits per heavy atom. The van der Waals surface area contributed by atoms with Gasteiger partial charge in [-0.3, -0.25) is 9.59 Å². The summed E-state index contributed by atoms with van der Waals surface area (Å²) in [7, 11) is 1.47. The summed E-state index contributed by atoms with van der Waals surface area (Å²) in [5.74, 6) is -1.33. The summed E-state index contributed by atoms with van der Waals surface area (Å²) in [5, 5.41) is 8.38. The van der Waals surface area contributed by atoms with Crippen LogP contribution in [0.4, 0.5) is 0 Å². The van der Waals surface area contributed by atoms with Gasteiger partial charge in [0.2, 0.25) is 0 Å². The van der Waals surface area contributed by atoms with Gasteiger partial charge < -0.3 is 14.6 Å². The molecule has 0 radical (unpaired) electrons. The van der Waals surface area contributed by atoms with Crippen molar-refractivity contribution >= 4 is 11.9 Å². The first-order valence-corrected chi connectivity index (χ1v) is 3.94. The van der Waals surface area contributed by atoms with Gasteiger partial charge in [0.05, 0.1) is 6.61 Å². The number of carboxylic acid groups (broad SMARTS) is 1. The lowest BCUT2D eigenvalue weighted by Crippen LogP contribution is -2.22. The standard InChI is InChI=1S/C8H14O5/c1-6(9)13-7(5-12-2)3-4-8(10)11/h7H,3-5H2,1-2H3,(H,10,11). The van der Waals surface area contributed by atoms with Gasteiger partial charge in [-0.2, -0.15) is 0 Å². The summed E-state index contributed by atoms with van der Waals surface area (Å²) in [6.45, 7) is 1.51. The summed E-state index contributed by atoms with van der Waals surface area (Å²) < 4.78 is 9.58. The minimum atomic E-state index is -0.909. The molecule has 0 rings (SSSR count). The van der Waals surface area contributed by atoms with E-state index in [4.69, 9.17) is 14.6 Å². The van der Waals surface area contributed by atoms with Gasteiger partial charge >= 0.3 is 11.9 Å². The number of esters is 1. The van der Waals surface area contributed by atoms with E-state index in [1.807, 2.05) is 0 Å². The van der Waals surface area contributed by atoms with E-state index >= 15 is 0 Å². The van der Waals surface area contributed by atoms with E-state index in [0.29, 0.717) is 0 Å². The first-order valence-electron chi connectivity index (χ1n) is 3.94. The van der Waals surface area contributed by atoms with E-state index in [-0.39, 0.29) is 19.4 Å². The highest BCUT2D eigenvalue weighted by molar-refractivity contribution is 5.67. The van der Waals surface area contributed by atoms with E-state index in [2.05, 4.69) is 0 Å². The molecule has 13 heavy (non-hydrogen) atoms. The molecule has 0 aromatic carbocycles. The highest BCUT2D eigenvalue weighted by Crippen LogP contribution is 2.03. The SMILES string of the molecule is COCC(CCC(=O)O)OC(C)=O. The summed E-state index contributed by atoms with van der Waals surface area (Å²) in [4.78, 5) is 20.8. The normalized spacial score (nSPS) is 12.2. The van der Waals surface area contributed by atoms with Gasteiger partial charge in [0.1, 0.15) is 6.10 Å². The first-order chi connectivity index (χ1) is 6.06. The van der Waals surface area contributed by atoms with Crippen LogP contribution in [0.25, 0.3) is 0 Å². The van der Waals surface area contributed by atoms with Gasteiger partial charge in [-0.1, -0.05) is 0 Å². The van der Waals surface area contributed by atoms with Gasteiger partial charge in [-0.25, -0.2) is 0 Å². The molecule has 0 saturated carbocycles. The molecule has 76 valence electrons. The van der Waals surface area contributed by atoms with Crippen LogP contribution in [-0.4, -0.2) is 36.9 Å². The van der Waals surface area contributed by atoms with E-state index in [0.717, 1.165) is 0 Å². The molecule has 0 aromatic heterocycles. The van der Waals surface area contributed by atoms with Crippen LogP contribution >= 0.6 is 0 Å². The van der Waals surface area contributed by atoms with E-state index in [1.165, 1.54) is 14.0 Å². The molecular weight excluding hydrogens is 176 g/mol. The van der Waals surface area contributed by atoms with Gasteiger partial charge in [0.15, 0.2) is 0 Å². The van der Waals surface area contributed by atoms with Crippen molar-refractivity contribution in [3.63, 3.8) is 0 Å². The average molecular weight is 190 g/mol. The Kier molecular flexibility index (Phi) is 5.88. The quantitative estimate of drug-likeness (QED) is 0.615. The molecule has 1 N–H and O–H groups in total. The molecule has 0 bridgehead atoms. The molecule has 0 aliphatic rings. The Morgan fingerprint density at radius 2 is 2.08 bits per heavy atom. The van der Waals surface area contributed by atoms with Crippen molar-refractivity contribution in [3.8, 4) is 0 Å². The van der Waals surface area contributed by atoms with Gasteiger partial charge in [0, 0.05) is 20.5 Å². The molecule has 0 aromatic rings. The fraction of sp³-hybridized carbons (Fsp3) is 0.750. The van der Waals surface area contributed by atoms with Crippen molar-refractivity contribution < 1.29 is 24.2 Å². The maximum Gasteiger partial charge on any atom is 0.303 e. The number of hydrogen-bond donors (Lipinski definition) is 1. The number of hydrogen-bond acceptors (Lipinski definition) is 4. The smallest absolute Gasteiger partial charge is 0.303 e. The van der Waals surface area contributed by atoms with Crippen LogP contribution in [0, 0.1) is 0 Å². The van der Waals surface area contributed by atoms with Gasteiger partial charge in [0.25, 0.3) is 0 Å². The fourth-order valence-electron chi connectivity index (χ4n) is 0.881. The topological polar surface area (TPSA) is 72.8 Å². The van der Waals surface area contributed by atoms with Crippen molar-refractivity contribution in [2.75, 3.05) is 13.7 Å². The predicted octanol–water partition coefficient (Wildman–Crippen LogP) is 0.429. The number of rotatable bonds is 6. The third kappa shape index (κ3) is 7.27. The Hall–Kier alpha value is -1.10. The Balaban J connectivity index is 3.79. The van der Waals surface area contributed by atoms with Crippen LogP contribution < -0.4 is 0 Å². The Bertz CT molecular complexity index is 177. The molecule has 1 atom stereocenters. The average Bonchev–Trinajstić information content (AvgIpc) is 1.99. The highest BCUT2D eigenvalue weighted by atomic mass is 16.6. The van der Waals surface area contributed by atoms with Crippen molar-refractivity contribution in [1.82, 2.24) is 0 Å². The summed E-state index contributed by atoms with van der Waals surface area (Å²) in [5.41, 5.74) is 0. The molecule has 0 saturated heterocycles. The number of carbonyl (C=O) groups is 2. The van der Waals surface area contributed by atoms with Gasteiger partial charge in [-0.15, -0.1) is 0 Å². The van der Waals surface area contributed by atoms with Crippen LogP contribution in [0.3, 0.4) is 0 Å². The summed E-state index contributed by atoms with van der Waals surface area (Å²) >= 11 is 0. The number of carbonyl (C=O) groups excluding carboxylic acids is 1. The van der Waals surface area contributed by atoms with Crippen LogP contribution in [-0.2, 0) is 19.1 Å². The van der Waals surface area contributed by atoms with E-state index in [1.54, 1.807) is 0 Å². The highest BCUT2D eigenvalue weighted by Gasteiger charge is 2.13. The minimum Gasteiger partial charge on any atom is -0.481 e. The number of methoxy groups -OCH3 is 1. The number of carboxylic acids is 1. The summed E-state index contributed by atoms with van der Waals surface area (Å²) in [6, 6.07) is 0. The van der Waals surface area contributed by atoms with Crippen molar-refractivity contribution in [2.24, 2.45) is 0 Å². The maximum atomic E-state index is 10.5. The fourth-order valence-corrected chi connectivity index (χ4v) is 0.881. The summed E-state index contributed by atoms with van der Waals surface area (Å²) in [6.07, 6.45) is -0.206. The molecule has 1 unspecified atom stereocenters. The first kappa shape index (κ1) is 11.9.